The fourth-order valence-electron chi connectivity index (χ4n) is 1.57. The molecule has 4 heteroatoms. The number of ether oxygens (including phenoxy) is 1. The first-order chi connectivity index (χ1) is 9.15. The number of para-hydroxylation sites is 1. The lowest BCUT2D eigenvalue weighted by atomic mass is 10.3. The van der Waals surface area contributed by atoms with Crippen molar-refractivity contribution in [1.29, 1.82) is 0 Å². The molecule has 1 N–H and O–H groups in total. The highest BCUT2D eigenvalue weighted by Crippen LogP contribution is 2.14. The van der Waals surface area contributed by atoms with E-state index in [9.17, 15) is 4.79 Å². The SMILES string of the molecule is CC(Oc1ccccc1)C(=O)Nc1cccc(I)c1. The van der Waals surface area contributed by atoms with Gasteiger partial charge >= 0.3 is 0 Å². The zero-order chi connectivity index (χ0) is 13.7. The summed E-state index contributed by atoms with van der Waals surface area (Å²) in [5.41, 5.74) is 0.778. The van der Waals surface area contributed by atoms with Crippen molar-refractivity contribution in [3.63, 3.8) is 0 Å². The summed E-state index contributed by atoms with van der Waals surface area (Å²) in [5.74, 6) is 0.527. The van der Waals surface area contributed by atoms with Gasteiger partial charge in [0.25, 0.3) is 5.91 Å². The molecule has 2 aromatic rings. The van der Waals surface area contributed by atoms with Gasteiger partial charge in [-0.15, -0.1) is 0 Å². The Balaban J connectivity index is 1.96. The lowest BCUT2D eigenvalue weighted by molar-refractivity contribution is -0.122. The van der Waals surface area contributed by atoms with Crippen molar-refractivity contribution in [3.05, 3.63) is 58.2 Å². The fourth-order valence-corrected chi connectivity index (χ4v) is 2.11. The van der Waals surface area contributed by atoms with Gasteiger partial charge in [-0.2, -0.15) is 0 Å². The number of rotatable bonds is 4. The van der Waals surface area contributed by atoms with Gasteiger partial charge in [-0.3, -0.25) is 4.79 Å². The number of benzene rings is 2. The molecule has 0 heterocycles. The maximum absolute atomic E-state index is 12.0. The number of carbonyl (C=O) groups excluding carboxylic acids is 1. The molecule has 1 atom stereocenters. The minimum Gasteiger partial charge on any atom is -0.481 e. The average Bonchev–Trinajstić information content (AvgIpc) is 2.40. The number of anilines is 1. The Morgan fingerprint density at radius 1 is 1.16 bits per heavy atom. The van der Waals surface area contributed by atoms with E-state index in [0.717, 1.165) is 9.26 Å². The largest absolute Gasteiger partial charge is 0.481 e. The molecular weight excluding hydrogens is 353 g/mol. The van der Waals surface area contributed by atoms with E-state index in [0.29, 0.717) is 5.75 Å². The number of halogens is 1. The summed E-state index contributed by atoms with van der Waals surface area (Å²) >= 11 is 2.21. The van der Waals surface area contributed by atoms with Crippen LogP contribution in [0.2, 0.25) is 0 Å². The van der Waals surface area contributed by atoms with Gasteiger partial charge < -0.3 is 10.1 Å². The summed E-state index contributed by atoms with van der Waals surface area (Å²) in [6.45, 7) is 1.73. The number of hydrogen-bond donors (Lipinski definition) is 1. The Kier molecular flexibility index (Phi) is 4.79. The molecule has 0 radical (unpaired) electrons. The number of hydrogen-bond acceptors (Lipinski definition) is 2. The third-order valence-electron chi connectivity index (χ3n) is 2.52. The molecule has 0 spiro atoms. The molecule has 3 nitrogen and oxygen atoms in total. The summed E-state index contributed by atoms with van der Waals surface area (Å²) in [6.07, 6.45) is -0.541. The number of carbonyl (C=O) groups is 1. The molecule has 1 unspecified atom stereocenters. The molecule has 0 aromatic heterocycles. The predicted molar refractivity (Wildman–Crippen MR) is 84.3 cm³/mol. The predicted octanol–water partition coefficient (Wildman–Crippen LogP) is 3.70. The first-order valence-electron chi connectivity index (χ1n) is 5.93. The van der Waals surface area contributed by atoms with E-state index in [1.807, 2.05) is 54.6 Å². The maximum Gasteiger partial charge on any atom is 0.265 e. The molecule has 0 saturated heterocycles. The van der Waals surface area contributed by atoms with Crippen LogP contribution in [0, 0.1) is 3.57 Å². The molecule has 98 valence electrons. The van der Waals surface area contributed by atoms with E-state index < -0.39 is 6.10 Å². The van der Waals surface area contributed by atoms with Crippen LogP contribution in [0.5, 0.6) is 5.75 Å². The summed E-state index contributed by atoms with van der Waals surface area (Å²) in [5, 5.41) is 2.83. The van der Waals surface area contributed by atoms with Gasteiger partial charge in [0.1, 0.15) is 5.75 Å². The van der Waals surface area contributed by atoms with Crippen molar-refractivity contribution in [2.45, 2.75) is 13.0 Å². The first-order valence-corrected chi connectivity index (χ1v) is 7.01. The van der Waals surface area contributed by atoms with Crippen LogP contribution in [0.3, 0.4) is 0 Å². The highest BCUT2D eigenvalue weighted by molar-refractivity contribution is 14.1. The zero-order valence-electron chi connectivity index (χ0n) is 10.5. The molecular formula is C15H14INO2. The number of nitrogens with one attached hydrogen (secondary N) is 1. The molecule has 0 saturated carbocycles. The Bertz CT molecular complexity index is 557. The van der Waals surface area contributed by atoms with Crippen molar-refractivity contribution in [3.8, 4) is 5.75 Å². The minimum atomic E-state index is -0.541. The van der Waals surface area contributed by atoms with Crippen LogP contribution in [-0.2, 0) is 4.79 Å². The third kappa shape index (κ3) is 4.24. The van der Waals surface area contributed by atoms with Gasteiger partial charge in [-0.05, 0) is 59.8 Å². The molecule has 0 aliphatic heterocycles. The van der Waals surface area contributed by atoms with E-state index in [-0.39, 0.29) is 5.91 Å². The Morgan fingerprint density at radius 2 is 1.89 bits per heavy atom. The van der Waals surface area contributed by atoms with Crippen LogP contribution < -0.4 is 10.1 Å². The maximum atomic E-state index is 12.0. The van der Waals surface area contributed by atoms with E-state index in [2.05, 4.69) is 27.9 Å². The average molecular weight is 367 g/mol. The standard InChI is InChI=1S/C15H14INO2/c1-11(19-14-8-3-2-4-9-14)15(18)17-13-7-5-6-12(16)10-13/h2-11H,1H3,(H,17,18). The second-order valence-corrected chi connectivity index (χ2v) is 5.32. The van der Waals surface area contributed by atoms with E-state index in [1.54, 1.807) is 6.92 Å². The Hall–Kier alpha value is -1.56. The van der Waals surface area contributed by atoms with Crippen LogP contribution in [0.4, 0.5) is 5.69 Å². The van der Waals surface area contributed by atoms with Gasteiger partial charge in [0.2, 0.25) is 0 Å². The van der Waals surface area contributed by atoms with E-state index >= 15 is 0 Å². The fraction of sp³-hybridized carbons (Fsp3) is 0.133. The molecule has 0 bridgehead atoms. The minimum absolute atomic E-state index is 0.161. The van der Waals surface area contributed by atoms with Gasteiger partial charge in [-0.25, -0.2) is 0 Å². The normalized spacial score (nSPS) is 11.7. The van der Waals surface area contributed by atoms with Crippen LogP contribution in [0.25, 0.3) is 0 Å². The van der Waals surface area contributed by atoms with Crippen LogP contribution in [-0.4, -0.2) is 12.0 Å². The van der Waals surface area contributed by atoms with Crippen molar-refractivity contribution in [2.24, 2.45) is 0 Å². The van der Waals surface area contributed by atoms with Crippen molar-refractivity contribution >= 4 is 34.2 Å². The summed E-state index contributed by atoms with van der Waals surface area (Å²) < 4.78 is 6.64. The van der Waals surface area contributed by atoms with Gasteiger partial charge in [0.05, 0.1) is 0 Å². The number of amides is 1. The molecule has 19 heavy (non-hydrogen) atoms. The summed E-state index contributed by atoms with van der Waals surface area (Å²) in [4.78, 5) is 12.0. The smallest absolute Gasteiger partial charge is 0.265 e. The molecule has 2 aromatic carbocycles. The van der Waals surface area contributed by atoms with Crippen LogP contribution >= 0.6 is 22.6 Å². The van der Waals surface area contributed by atoms with E-state index in [4.69, 9.17) is 4.74 Å². The highest BCUT2D eigenvalue weighted by Gasteiger charge is 2.14. The second-order valence-electron chi connectivity index (χ2n) is 4.07. The molecule has 1 amide bonds. The highest BCUT2D eigenvalue weighted by atomic mass is 127. The van der Waals surface area contributed by atoms with E-state index in [1.165, 1.54) is 0 Å². The molecule has 0 fully saturated rings. The van der Waals surface area contributed by atoms with Gasteiger partial charge in [0.15, 0.2) is 6.10 Å². The second kappa shape index (κ2) is 6.56. The zero-order valence-corrected chi connectivity index (χ0v) is 12.6. The molecule has 2 rings (SSSR count). The topological polar surface area (TPSA) is 38.3 Å². The van der Waals surface area contributed by atoms with Crippen molar-refractivity contribution in [1.82, 2.24) is 0 Å². The Morgan fingerprint density at radius 3 is 2.58 bits per heavy atom. The monoisotopic (exact) mass is 367 g/mol. The van der Waals surface area contributed by atoms with Gasteiger partial charge in [0, 0.05) is 9.26 Å². The van der Waals surface area contributed by atoms with Crippen LogP contribution in [0.1, 0.15) is 6.92 Å². The summed E-state index contributed by atoms with van der Waals surface area (Å²) in [6, 6.07) is 17.0. The van der Waals surface area contributed by atoms with Crippen molar-refractivity contribution < 1.29 is 9.53 Å². The van der Waals surface area contributed by atoms with Crippen molar-refractivity contribution in [2.75, 3.05) is 5.32 Å². The summed E-state index contributed by atoms with van der Waals surface area (Å²) in [7, 11) is 0. The molecule has 0 aliphatic rings. The first kappa shape index (κ1) is 13.9. The quantitative estimate of drug-likeness (QED) is 0.837. The lowest BCUT2D eigenvalue weighted by Gasteiger charge is -2.14. The van der Waals surface area contributed by atoms with Gasteiger partial charge in [-0.1, -0.05) is 24.3 Å². The Labute approximate surface area is 126 Å². The van der Waals surface area contributed by atoms with Crippen LogP contribution in [0.15, 0.2) is 54.6 Å². The third-order valence-corrected chi connectivity index (χ3v) is 3.19. The molecule has 0 aliphatic carbocycles. The lowest BCUT2D eigenvalue weighted by Crippen LogP contribution is -2.30.